The third-order valence-corrected chi connectivity index (χ3v) is 3.48. The lowest BCUT2D eigenvalue weighted by Gasteiger charge is -1.99. The SMILES string of the molecule is Cc1nnc(NC(=O)CCc2ccsc2)s1. The molecule has 0 unspecified atom stereocenters. The number of hydrogen-bond donors (Lipinski definition) is 1. The Morgan fingerprint density at radius 3 is 3.00 bits per heavy atom. The van der Waals surface area contributed by atoms with E-state index in [-0.39, 0.29) is 5.91 Å². The van der Waals surface area contributed by atoms with E-state index in [1.165, 1.54) is 16.9 Å². The van der Waals surface area contributed by atoms with Gasteiger partial charge in [-0.05, 0) is 35.7 Å². The van der Waals surface area contributed by atoms with Crippen molar-refractivity contribution in [2.24, 2.45) is 0 Å². The molecule has 2 aromatic heterocycles. The number of carbonyl (C=O) groups is 1. The Morgan fingerprint density at radius 1 is 1.50 bits per heavy atom. The smallest absolute Gasteiger partial charge is 0.226 e. The highest BCUT2D eigenvalue weighted by atomic mass is 32.1. The van der Waals surface area contributed by atoms with Crippen LogP contribution in [0.25, 0.3) is 0 Å². The molecule has 0 atom stereocenters. The molecule has 0 bridgehead atoms. The molecule has 0 saturated heterocycles. The highest BCUT2D eigenvalue weighted by Gasteiger charge is 2.06. The quantitative estimate of drug-likeness (QED) is 0.910. The van der Waals surface area contributed by atoms with E-state index in [1.54, 1.807) is 11.3 Å². The Kier molecular flexibility index (Phi) is 3.63. The minimum Gasteiger partial charge on any atom is -0.301 e. The van der Waals surface area contributed by atoms with Crippen molar-refractivity contribution in [3.05, 3.63) is 27.4 Å². The van der Waals surface area contributed by atoms with Gasteiger partial charge < -0.3 is 5.32 Å². The van der Waals surface area contributed by atoms with Crippen LogP contribution in [0.5, 0.6) is 0 Å². The van der Waals surface area contributed by atoms with E-state index in [2.05, 4.69) is 20.9 Å². The molecule has 0 aliphatic rings. The minimum atomic E-state index is -0.0117. The zero-order valence-corrected chi connectivity index (χ0v) is 10.4. The zero-order chi connectivity index (χ0) is 11.4. The maximum Gasteiger partial charge on any atom is 0.226 e. The number of nitrogens with one attached hydrogen (secondary N) is 1. The second-order valence-electron chi connectivity index (χ2n) is 3.31. The normalized spacial score (nSPS) is 10.3. The van der Waals surface area contributed by atoms with Crippen molar-refractivity contribution < 1.29 is 4.79 Å². The van der Waals surface area contributed by atoms with Crippen molar-refractivity contribution in [2.75, 3.05) is 5.32 Å². The molecule has 2 heterocycles. The predicted molar refractivity (Wildman–Crippen MR) is 65.9 cm³/mol. The fourth-order valence-corrected chi connectivity index (χ4v) is 2.53. The number of rotatable bonds is 4. The Morgan fingerprint density at radius 2 is 2.38 bits per heavy atom. The summed E-state index contributed by atoms with van der Waals surface area (Å²) in [5.41, 5.74) is 1.20. The molecule has 84 valence electrons. The molecule has 0 aromatic carbocycles. The van der Waals surface area contributed by atoms with Gasteiger partial charge >= 0.3 is 0 Å². The van der Waals surface area contributed by atoms with Crippen LogP contribution < -0.4 is 5.32 Å². The molecule has 0 aliphatic heterocycles. The van der Waals surface area contributed by atoms with E-state index >= 15 is 0 Å². The Bertz CT molecular complexity index is 464. The summed E-state index contributed by atoms with van der Waals surface area (Å²) >= 11 is 3.03. The number of aryl methyl sites for hydroxylation is 2. The lowest BCUT2D eigenvalue weighted by molar-refractivity contribution is -0.116. The van der Waals surface area contributed by atoms with Gasteiger partial charge in [-0.2, -0.15) is 11.3 Å². The number of anilines is 1. The summed E-state index contributed by atoms with van der Waals surface area (Å²) < 4.78 is 0. The highest BCUT2D eigenvalue weighted by molar-refractivity contribution is 7.15. The van der Waals surface area contributed by atoms with Crippen LogP contribution in [0.2, 0.25) is 0 Å². The van der Waals surface area contributed by atoms with Crippen LogP contribution in [-0.2, 0) is 11.2 Å². The summed E-state index contributed by atoms with van der Waals surface area (Å²) in [6.07, 6.45) is 1.25. The van der Waals surface area contributed by atoms with Crippen LogP contribution in [0.15, 0.2) is 16.8 Å². The third-order valence-electron chi connectivity index (χ3n) is 1.99. The maximum absolute atomic E-state index is 11.5. The summed E-state index contributed by atoms with van der Waals surface area (Å²) in [5.74, 6) is -0.0117. The van der Waals surface area contributed by atoms with Gasteiger partial charge in [-0.1, -0.05) is 11.3 Å². The van der Waals surface area contributed by atoms with Crippen molar-refractivity contribution in [1.82, 2.24) is 10.2 Å². The van der Waals surface area contributed by atoms with Gasteiger partial charge in [0.15, 0.2) is 0 Å². The van der Waals surface area contributed by atoms with E-state index in [0.29, 0.717) is 11.6 Å². The molecule has 6 heteroatoms. The molecule has 2 rings (SSSR count). The van der Waals surface area contributed by atoms with Crippen molar-refractivity contribution in [3.63, 3.8) is 0 Å². The first-order valence-electron chi connectivity index (χ1n) is 4.85. The topological polar surface area (TPSA) is 54.9 Å². The first-order chi connectivity index (χ1) is 7.74. The van der Waals surface area contributed by atoms with Crippen LogP contribution in [0.4, 0.5) is 5.13 Å². The standard InChI is InChI=1S/C10H11N3OS2/c1-7-12-13-10(16-7)11-9(14)3-2-8-4-5-15-6-8/h4-6H,2-3H2,1H3,(H,11,13,14). The van der Waals surface area contributed by atoms with Gasteiger partial charge in [0.25, 0.3) is 0 Å². The first-order valence-corrected chi connectivity index (χ1v) is 6.61. The van der Waals surface area contributed by atoms with Gasteiger partial charge in [-0.3, -0.25) is 4.79 Å². The molecular formula is C10H11N3OS2. The van der Waals surface area contributed by atoms with E-state index in [4.69, 9.17) is 0 Å². The van der Waals surface area contributed by atoms with E-state index < -0.39 is 0 Å². The number of thiophene rings is 1. The number of aromatic nitrogens is 2. The Balaban J connectivity index is 1.81. The van der Waals surface area contributed by atoms with Crippen molar-refractivity contribution in [1.29, 1.82) is 0 Å². The fraction of sp³-hybridized carbons (Fsp3) is 0.300. The Hall–Kier alpha value is -1.27. The molecule has 2 aromatic rings. The van der Waals surface area contributed by atoms with Crippen LogP contribution >= 0.6 is 22.7 Å². The average molecular weight is 253 g/mol. The number of nitrogens with zero attached hydrogens (tertiary/aromatic N) is 2. The lowest BCUT2D eigenvalue weighted by atomic mass is 10.2. The van der Waals surface area contributed by atoms with E-state index in [0.717, 1.165) is 11.4 Å². The zero-order valence-electron chi connectivity index (χ0n) is 8.77. The van der Waals surface area contributed by atoms with Crippen molar-refractivity contribution in [3.8, 4) is 0 Å². The molecule has 1 N–H and O–H groups in total. The van der Waals surface area contributed by atoms with E-state index in [1.807, 2.05) is 18.4 Å². The highest BCUT2D eigenvalue weighted by Crippen LogP contribution is 2.14. The summed E-state index contributed by atoms with van der Waals surface area (Å²) in [7, 11) is 0. The van der Waals surface area contributed by atoms with E-state index in [9.17, 15) is 4.79 Å². The molecule has 0 fully saturated rings. The predicted octanol–water partition coefficient (Wildman–Crippen LogP) is 2.48. The number of hydrogen-bond acceptors (Lipinski definition) is 5. The molecular weight excluding hydrogens is 242 g/mol. The maximum atomic E-state index is 11.5. The second-order valence-corrected chi connectivity index (χ2v) is 5.27. The molecule has 4 nitrogen and oxygen atoms in total. The van der Waals surface area contributed by atoms with Crippen molar-refractivity contribution >= 4 is 33.7 Å². The van der Waals surface area contributed by atoms with Gasteiger partial charge in [0.1, 0.15) is 5.01 Å². The fourth-order valence-electron chi connectivity index (χ4n) is 1.22. The van der Waals surface area contributed by atoms with Crippen LogP contribution in [0.3, 0.4) is 0 Å². The number of carbonyl (C=O) groups excluding carboxylic acids is 1. The molecule has 1 amide bonds. The minimum absolute atomic E-state index is 0.0117. The molecule has 0 saturated carbocycles. The second kappa shape index (κ2) is 5.18. The van der Waals surface area contributed by atoms with Gasteiger partial charge in [0, 0.05) is 6.42 Å². The Labute approximate surface area is 101 Å². The van der Waals surface area contributed by atoms with Gasteiger partial charge in [-0.25, -0.2) is 0 Å². The van der Waals surface area contributed by atoms with Gasteiger partial charge in [0.2, 0.25) is 11.0 Å². The summed E-state index contributed by atoms with van der Waals surface area (Å²) in [4.78, 5) is 11.5. The molecule has 16 heavy (non-hydrogen) atoms. The molecule has 0 aliphatic carbocycles. The summed E-state index contributed by atoms with van der Waals surface area (Å²) in [6.45, 7) is 1.86. The summed E-state index contributed by atoms with van der Waals surface area (Å²) in [5, 5.41) is 15.9. The van der Waals surface area contributed by atoms with Crippen LogP contribution in [0, 0.1) is 6.92 Å². The summed E-state index contributed by atoms with van der Waals surface area (Å²) in [6, 6.07) is 2.03. The van der Waals surface area contributed by atoms with Crippen molar-refractivity contribution in [2.45, 2.75) is 19.8 Å². The first kappa shape index (κ1) is 11.2. The van der Waals surface area contributed by atoms with Crippen LogP contribution in [0.1, 0.15) is 17.0 Å². The third kappa shape index (κ3) is 3.11. The number of amides is 1. The molecule has 0 spiro atoms. The average Bonchev–Trinajstić information content (AvgIpc) is 2.87. The molecule has 0 radical (unpaired) electrons. The van der Waals surface area contributed by atoms with Gasteiger partial charge in [0.05, 0.1) is 0 Å². The lowest BCUT2D eigenvalue weighted by Crippen LogP contribution is -2.11. The van der Waals surface area contributed by atoms with Crippen LogP contribution in [-0.4, -0.2) is 16.1 Å². The monoisotopic (exact) mass is 253 g/mol. The van der Waals surface area contributed by atoms with Gasteiger partial charge in [-0.15, -0.1) is 10.2 Å². The largest absolute Gasteiger partial charge is 0.301 e.